The summed E-state index contributed by atoms with van der Waals surface area (Å²) < 4.78 is 1.10. The van der Waals surface area contributed by atoms with Crippen molar-refractivity contribution in [3.63, 3.8) is 0 Å². The maximum Gasteiger partial charge on any atom is 0.258 e. The summed E-state index contributed by atoms with van der Waals surface area (Å²) in [6.45, 7) is 1.63. The molecule has 0 unspecified atom stereocenters. The van der Waals surface area contributed by atoms with Crippen molar-refractivity contribution in [2.45, 2.75) is 6.92 Å². The molecule has 98 valence electrons. The second-order valence-corrected chi connectivity index (χ2v) is 4.05. The minimum absolute atomic E-state index is 0.200. The molecule has 19 heavy (non-hydrogen) atoms. The lowest BCUT2D eigenvalue weighted by Crippen LogP contribution is -2.19. The third-order valence-corrected chi connectivity index (χ3v) is 2.74. The Morgan fingerprint density at radius 2 is 1.95 bits per heavy atom. The first-order valence-corrected chi connectivity index (χ1v) is 5.56. The fourth-order valence-corrected chi connectivity index (χ4v) is 1.82. The molecule has 6 nitrogen and oxygen atoms in total. The lowest BCUT2D eigenvalue weighted by atomic mass is 10.2. The Morgan fingerprint density at radius 3 is 2.53 bits per heavy atom. The topological polar surface area (TPSA) is 97.3 Å². The number of carbonyl (C=O) groups is 1. The van der Waals surface area contributed by atoms with Crippen LogP contribution in [0.5, 0.6) is 5.88 Å². The summed E-state index contributed by atoms with van der Waals surface area (Å²) in [6, 6.07) is 7.79. The van der Waals surface area contributed by atoms with E-state index in [0.717, 1.165) is 4.57 Å². The number of amides is 1. The normalized spacial score (nSPS) is 10.2. The van der Waals surface area contributed by atoms with Crippen molar-refractivity contribution in [3.8, 4) is 11.6 Å². The van der Waals surface area contributed by atoms with Gasteiger partial charge in [0.05, 0.1) is 5.69 Å². The summed E-state index contributed by atoms with van der Waals surface area (Å²) in [5, 5.41) is 12.5. The fraction of sp³-hybridized carbons (Fsp3) is 0.0769. The summed E-state index contributed by atoms with van der Waals surface area (Å²) in [5.74, 6) is -0.318. The quantitative estimate of drug-likeness (QED) is 0.566. The molecule has 0 saturated heterocycles. The van der Waals surface area contributed by atoms with Crippen LogP contribution in [0.4, 0.5) is 11.4 Å². The molecule has 0 spiro atoms. The highest BCUT2D eigenvalue weighted by atomic mass is 16.3. The molecule has 1 heterocycles. The number of nitrogens with one attached hydrogen (secondary N) is 1. The molecule has 1 aromatic carbocycles. The number of aromatic nitrogens is 1. The van der Waals surface area contributed by atoms with Crippen LogP contribution in [0.25, 0.3) is 5.69 Å². The number of aryl methyl sites for hydroxylation is 1. The third kappa shape index (κ3) is 2.28. The molecular weight excluding hydrogens is 246 g/mol. The van der Waals surface area contributed by atoms with Gasteiger partial charge in [-0.3, -0.25) is 9.59 Å². The highest BCUT2D eigenvalue weighted by Crippen LogP contribution is 2.27. The van der Waals surface area contributed by atoms with Crippen LogP contribution in [0.15, 0.2) is 35.1 Å². The number of nitrogens with zero attached hydrogens (tertiary/aromatic N) is 1. The van der Waals surface area contributed by atoms with Crippen molar-refractivity contribution in [3.05, 3.63) is 46.2 Å². The minimum atomic E-state index is -0.392. The van der Waals surface area contributed by atoms with Gasteiger partial charge in [0.15, 0.2) is 0 Å². The molecule has 6 heteroatoms. The highest BCUT2D eigenvalue weighted by Gasteiger charge is 2.13. The van der Waals surface area contributed by atoms with Gasteiger partial charge in [0.25, 0.3) is 5.56 Å². The van der Waals surface area contributed by atoms with Crippen LogP contribution in [0, 0.1) is 6.92 Å². The average molecular weight is 259 g/mol. The monoisotopic (exact) mass is 259 g/mol. The van der Waals surface area contributed by atoms with Gasteiger partial charge < -0.3 is 16.2 Å². The molecule has 0 bridgehead atoms. The molecule has 2 aromatic rings. The zero-order chi connectivity index (χ0) is 14.0. The number of nitrogens with two attached hydrogens (primary N) is 1. The van der Waals surface area contributed by atoms with Crippen LogP contribution in [0.3, 0.4) is 0 Å². The first-order chi connectivity index (χ1) is 9.04. The summed E-state index contributed by atoms with van der Waals surface area (Å²) >= 11 is 0. The molecule has 0 aliphatic rings. The number of anilines is 2. The zero-order valence-corrected chi connectivity index (χ0v) is 10.3. The zero-order valence-electron chi connectivity index (χ0n) is 10.3. The first kappa shape index (κ1) is 12.7. The summed E-state index contributed by atoms with van der Waals surface area (Å²) in [7, 11) is 0. The lowest BCUT2D eigenvalue weighted by Gasteiger charge is -2.13. The van der Waals surface area contributed by atoms with Crippen molar-refractivity contribution in [2.75, 3.05) is 11.1 Å². The fourth-order valence-electron chi connectivity index (χ4n) is 1.82. The number of nitrogen functional groups attached to an aromatic ring is 1. The van der Waals surface area contributed by atoms with Crippen LogP contribution in [-0.2, 0) is 4.79 Å². The van der Waals surface area contributed by atoms with Gasteiger partial charge in [-0.05, 0) is 36.8 Å². The molecule has 0 radical (unpaired) electrons. The molecule has 1 aromatic heterocycles. The van der Waals surface area contributed by atoms with Crippen LogP contribution < -0.4 is 16.6 Å². The molecule has 0 fully saturated rings. The number of rotatable bonds is 3. The maximum absolute atomic E-state index is 12.0. The summed E-state index contributed by atoms with van der Waals surface area (Å²) in [4.78, 5) is 22.5. The Morgan fingerprint density at radius 1 is 1.32 bits per heavy atom. The number of hydrogen-bond acceptors (Lipinski definition) is 4. The summed E-state index contributed by atoms with van der Waals surface area (Å²) in [6.07, 6.45) is 0.444. The van der Waals surface area contributed by atoms with Gasteiger partial charge in [0.2, 0.25) is 12.3 Å². The Hall–Kier alpha value is -2.76. The van der Waals surface area contributed by atoms with Gasteiger partial charge in [-0.15, -0.1) is 0 Å². The SMILES string of the molecule is Cc1cc(=O)n(-c2ccc(N)cc2)c(O)c1NC=O. The molecular formula is C13H13N3O3. The molecule has 2 rings (SSSR count). The Balaban J connectivity index is 2.69. The van der Waals surface area contributed by atoms with Crippen LogP contribution in [0.2, 0.25) is 0 Å². The second-order valence-electron chi connectivity index (χ2n) is 4.05. The van der Waals surface area contributed by atoms with Crippen molar-refractivity contribution in [1.29, 1.82) is 0 Å². The number of benzene rings is 1. The number of pyridine rings is 1. The van der Waals surface area contributed by atoms with E-state index in [2.05, 4.69) is 5.32 Å². The van der Waals surface area contributed by atoms with Crippen molar-refractivity contribution >= 4 is 17.8 Å². The van der Waals surface area contributed by atoms with Gasteiger partial charge in [0.1, 0.15) is 5.69 Å². The second kappa shape index (κ2) is 4.85. The van der Waals surface area contributed by atoms with Crippen molar-refractivity contribution in [1.82, 2.24) is 4.57 Å². The van der Waals surface area contributed by atoms with E-state index in [1.165, 1.54) is 6.07 Å². The molecule has 0 atom stereocenters. The van der Waals surface area contributed by atoms with Crippen molar-refractivity contribution < 1.29 is 9.90 Å². The van der Waals surface area contributed by atoms with Crippen LogP contribution in [-0.4, -0.2) is 16.1 Å². The predicted molar refractivity (Wildman–Crippen MR) is 72.5 cm³/mol. The van der Waals surface area contributed by atoms with E-state index < -0.39 is 5.56 Å². The number of carbonyl (C=O) groups excluding carboxylic acids is 1. The van der Waals surface area contributed by atoms with Gasteiger partial charge in [-0.25, -0.2) is 4.57 Å². The average Bonchev–Trinajstić information content (AvgIpc) is 2.36. The standard InChI is InChI=1S/C13H13N3O3/c1-8-6-11(18)16(13(19)12(8)15-7-17)10-4-2-9(14)3-5-10/h2-7,19H,14H2,1H3,(H,15,17). The summed E-state index contributed by atoms with van der Waals surface area (Å²) in [5.41, 5.74) is 6.88. The molecule has 1 amide bonds. The lowest BCUT2D eigenvalue weighted by molar-refractivity contribution is -0.105. The maximum atomic E-state index is 12.0. The van der Waals surface area contributed by atoms with Crippen molar-refractivity contribution in [2.24, 2.45) is 0 Å². The molecule has 4 N–H and O–H groups in total. The smallest absolute Gasteiger partial charge is 0.258 e. The largest absolute Gasteiger partial charge is 0.493 e. The van der Waals surface area contributed by atoms with Crippen LogP contribution in [0.1, 0.15) is 5.56 Å². The van der Waals surface area contributed by atoms with Crippen LogP contribution >= 0.6 is 0 Å². The van der Waals surface area contributed by atoms with E-state index in [9.17, 15) is 14.7 Å². The molecule has 0 aliphatic heterocycles. The third-order valence-electron chi connectivity index (χ3n) is 2.74. The van der Waals surface area contributed by atoms with E-state index in [1.54, 1.807) is 31.2 Å². The minimum Gasteiger partial charge on any atom is -0.493 e. The molecule has 0 aliphatic carbocycles. The highest BCUT2D eigenvalue weighted by molar-refractivity contribution is 5.77. The van der Waals surface area contributed by atoms with Gasteiger partial charge in [0, 0.05) is 11.8 Å². The Bertz CT molecular complexity index is 675. The molecule has 0 saturated carbocycles. The number of hydrogen-bond donors (Lipinski definition) is 3. The van der Waals surface area contributed by atoms with E-state index in [1.807, 2.05) is 0 Å². The van der Waals surface area contributed by atoms with E-state index >= 15 is 0 Å². The Kier molecular flexibility index (Phi) is 3.24. The van der Waals surface area contributed by atoms with E-state index in [0.29, 0.717) is 23.3 Å². The first-order valence-electron chi connectivity index (χ1n) is 5.56. The van der Waals surface area contributed by atoms with Gasteiger partial charge in [-0.1, -0.05) is 0 Å². The Labute approximate surface area is 109 Å². The predicted octanol–water partition coefficient (Wildman–Crippen LogP) is 1.00. The van der Waals surface area contributed by atoms with Gasteiger partial charge >= 0.3 is 0 Å². The van der Waals surface area contributed by atoms with E-state index in [4.69, 9.17) is 5.73 Å². The number of aromatic hydroxyl groups is 1. The van der Waals surface area contributed by atoms with Gasteiger partial charge in [-0.2, -0.15) is 0 Å². The van der Waals surface area contributed by atoms with E-state index in [-0.39, 0.29) is 11.6 Å².